The van der Waals surface area contributed by atoms with Crippen LogP contribution in [0, 0.1) is 0 Å². The molecule has 1 amide bonds. The van der Waals surface area contributed by atoms with E-state index in [2.05, 4.69) is 0 Å². The predicted molar refractivity (Wildman–Crippen MR) is 117 cm³/mol. The Morgan fingerprint density at radius 2 is 1.67 bits per heavy atom. The Labute approximate surface area is 177 Å². The van der Waals surface area contributed by atoms with E-state index in [-0.39, 0.29) is 17.7 Å². The summed E-state index contributed by atoms with van der Waals surface area (Å²) >= 11 is 0. The van der Waals surface area contributed by atoms with Gasteiger partial charge in [-0.3, -0.25) is 14.4 Å². The first-order valence-corrected chi connectivity index (χ1v) is 9.96. The fourth-order valence-electron chi connectivity index (χ4n) is 2.88. The molecule has 1 aromatic carbocycles. The Kier molecular flexibility index (Phi) is 7.94. The van der Waals surface area contributed by atoms with Crippen molar-refractivity contribution in [1.82, 2.24) is 14.4 Å². The second kappa shape index (κ2) is 10.2. The molecule has 0 unspecified atom stereocenters. The third kappa shape index (κ3) is 7.15. The summed E-state index contributed by atoms with van der Waals surface area (Å²) in [6.45, 7) is 6.34. The number of amides is 1. The van der Waals surface area contributed by atoms with E-state index in [1.54, 1.807) is 33.0 Å². The lowest BCUT2D eigenvalue weighted by molar-refractivity contribution is -0.155. The second-order valence-electron chi connectivity index (χ2n) is 8.46. The molecule has 0 radical (unpaired) electrons. The van der Waals surface area contributed by atoms with Crippen LogP contribution in [0.25, 0.3) is 0 Å². The molecule has 0 N–H and O–H groups in total. The number of ether oxygens (including phenoxy) is 1. The number of likely N-dealkylation sites (N-methyl/N-ethyl adjacent to an activating group) is 1. The molecule has 0 aliphatic carbocycles. The lowest BCUT2D eigenvalue weighted by Gasteiger charge is -2.26. The summed E-state index contributed by atoms with van der Waals surface area (Å²) in [7, 11) is 3.76. The minimum absolute atomic E-state index is 0.0377. The molecule has 0 aliphatic rings. The Morgan fingerprint density at radius 3 is 2.27 bits per heavy atom. The molecule has 0 atom stereocenters. The van der Waals surface area contributed by atoms with Gasteiger partial charge in [0, 0.05) is 19.3 Å². The minimum atomic E-state index is -0.650. The van der Waals surface area contributed by atoms with Crippen LogP contribution in [0.2, 0.25) is 0 Å². The van der Waals surface area contributed by atoms with Crippen molar-refractivity contribution in [3.8, 4) is 0 Å². The maximum atomic E-state index is 13.2. The van der Waals surface area contributed by atoms with Gasteiger partial charge in [0.15, 0.2) is 0 Å². The van der Waals surface area contributed by atoms with E-state index >= 15 is 0 Å². The smallest absolute Gasteiger partial charge is 0.326 e. The number of aromatic nitrogens is 1. The quantitative estimate of drug-likeness (QED) is 0.621. The van der Waals surface area contributed by atoms with Gasteiger partial charge in [-0.05, 0) is 52.6 Å². The Balaban J connectivity index is 2.26. The molecule has 30 heavy (non-hydrogen) atoms. The standard InChI is InChI=1S/C23H31N3O4/c1-23(2,3)30-20(27)17-26(15-14-24(4)5)22(29)19-12-9-13-25(21(19)28)16-18-10-7-6-8-11-18/h6-13H,14-17H2,1-5H3. The van der Waals surface area contributed by atoms with Crippen molar-refractivity contribution >= 4 is 11.9 Å². The maximum Gasteiger partial charge on any atom is 0.326 e. The van der Waals surface area contributed by atoms with Crippen LogP contribution >= 0.6 is 0 Å². The van der Waals surface area contributed by atoms with Crippen LogP contribution in [0.5, 0.6) is 0 Å². The first kappa shape index (κ1) is 23.3. The summed E-state index contributed by atoms with van der Waals surface area (Å²) in [4.78, 5) is 41.7. The van der Waals surface area contributed by atoms with Gasteiger partial charge >= 0.3 is 5.97 Å². The molecule has 0 aliphatic heterocycles. The highest BCUT2D eigenvalue weighted by atomic mass is 16.6. The van der Waals surface area contributed by atoms with Crippen molar-refractivity contribution in [2.45, 2.75) is 32.9 Å². The molecular formula is C23H31N3O4. The molecule has 0 spiro atoms. The third-order valence-electron chi connectivity index (χ3n) is 4.29. The fourth-order valence-corrected chi connectivity index (χ4v) is 2.88. The van der Waals surface area contributed by atoms with E-state index in [0.29, 0.717) is 19.6 Å². The zero-order valence-electron chi connectivity index (χ0n) is 18.4. The van der Waals surface area contributed by atoms with Gasteiger partial charge in [0.05, 0.1) is 6.54 Å². The van der Waals surface area contributed by atoms with Gasteiger partial charge in [-0.1, -0.05) is 30.3 Å². The highest BCUT2D eigenvalue weighted by Gasteiger charge is 2.25. The fraction of sp³-hybridized carbons (Fsp3) is 0.435. The summed E-state index contributed by atoms with van der Waals surface area (Å²) in [5.41, 5.74) is -0.0359. The number of hydrogen-bond donors (Lipinski definition) is 0. The zero-order valence-corrected chi connectivity index (χ0v) is 18.4. The number of carbonyl (C=O) groups excluding carboxylic acids is 2. The maximum absolute atomic E-state index is 13.2. The molecule has 2 rings (SSSR count). The molecule has 162 valence electrons. The van der Waals surface area contributed by atoms with Crippen LogP contribution in [0.4, 0.5) is 0 Å². The minimum Gasteiger partial charge on any atom is -0.459 e. The summed E-state index contributed by atoms with van der Waals surface area (Å²) in [6, 6.07) is 12.7. The van der Waals surface area contributed by atoms with E-state index in [4.69, 9.17) is 4.74 Å². The van der Waals surface area contributed by atoms with E-state index in [9.17, 15) is 14.4 Å². The molecule has 7 heteroatoms. The molecule has 7 nitrogen and oxygen atoms in total. The normalized spacial score (nSPS) is 11.4. The highest BCUT2D eigenvalue weighted by Crippen LogP contribution is 2.09. The zero-order chi connectivity index (χ0) is 22.3. The number of nitrogens with zero attached hydrogens (tertiary/aromatic N) is 3. The lowest BCUT2D eigenvalue weighted by Crippen LogP contribution is -2.44. The van der Waals surface area contributed by atoms with Crippen LogP contribution in [0.15, 0.2) is 53.5 Å². The van der Waals surface area contributed by atoms with Crippen LogP contribution in [0.3, 0.4) is 0 Å². The molecule has 0 bridgehead atoms. The molecule has 0 fully saturated rings. The largest absolute Gasteiger partial charge is 0.459 e. The average Bonchev–Trinajstić information content (AvgIpc) is 2.65. The summed E-state index contributed by atoms with van der Waals surface area (Å²) in [6.07, 6.45) is 1.66. The van der Waals surface area contributed by atoms with E-state index < -0.39 is 17.5 Å². The van der Waals surface area contributed by atoms with E-state index in [1.807, 2.05) is 49.3 Å². The number of hydrogen-bond acceptors (Lipinski definition) is 5. The van der Waals surface area contributed by atoms with Gasteiger partial charge in [-0.15, -0.1) is 0 Å². The van der Waals surface area contributed by atoms with Gasteiger partial charge in [-0.25, -0.2) is 0 Å². The Bertz CT molecular complexity index is 914. The van der Waals surface area contributed by atoms with Crippen molar-refractivity contribution in [1.29, 1.82) is 0 Å². The van der Waals surface area contributed by atoms with Crippen LogP contribution in [-0.2, 0) is 16.1 Å². The van der Waals surface area contributed by atoms with Crippen molar-refractivity contribution in [2.75, 3.05) is 33.7 Å². The predicted octanol–water partition coefficient (Wildman–Crippen LogP) is 2.24. The molecular weight excluding hydrogens is 382 g/mol. The molecule has 0 saturated heterocycles. The lowest BCUT2D eigenvalue weighted by atomic mass is 10.2. The Morgan fingerprint density at radius 1 is 1.00 bits per heavy atom. The first-order valence-electron chi connectivity index (χ1n) is 9.96. The average molecular weight is 414 g/mol. The van der Waals surface area contributed by atoms with Crippen molar-refractivity contribution < 1.29 is 14.3 Å². The van der Waals surface area contributed by atoms with Gasteiger partial charge in [0.25, 0.3) is 11.5 Å². The van der Waals surface area contributed by atoms with Gasteiger partial charge in [0.2, 0.25) is 0 Å². The number of pyridine rings is 1. The Hall–Kier alpha value is -2.93. The van der Waals surface area contributed by atoms with Gasteiger partial charge in [-0.2, -0.15) is 0 Å². The first-order chi connectivity index (χ1) is 14.1. The van der Waals surface area contributed by atoms with Crippen molar-refractivity contribution in [3.63, 3.8) is 0 Å². The highest BCUT2D eigenvalue weighted by molar-refractivity contribution is 5.95. The van der Waals surface area contributed by atoms with Gasteiger partial charge < -0.3 is 19.1 Å². The number of benzene rings is 1. The van der Waals surface area contributed by atoms with Crippen molar-refractivity contribution in [2.24, 2.45) is 0 Å². The van der Waals surface area contributed by atoms with Crippen LogP contribution < -0.4 is 5.56 Å². The monoisotopic (exact) mass is 413 g/mol. The summed E-state index contributed by atoms with van der Waals surface area (Å²) < 4.78 is 6.86. The van der Waals surface area contributed by atoms with Crippen LogP contribution in [-0.4, -0.2) is 65.6 Å². The van der Waals surface area contributed by atoms with E-state index in [1.165, 1.54) is 15.5 Å². The number of esters is 1. The van der Waals surface area contributed by atoms with Crippen LogP contribution in [0.1, 0.15) is 36.7 Å². The molecule has 1 heterocycles. The topological polar surface area (TPSA) is 71.8 Å². The molecule has 0 saturated carbocycles. The SMILES string of the molecule is CN(C)CCN(CC(=O)OC(C)(C)C)C(=O)c1cccn(Cc2ccccc2)c1=O. The summed E-state index contributed by atoms with van der Waals surface area (Å²) in [5, 5.41) is 0. The van der Waals surface area contributed by atoms with E-state index in [0.717, 1.165) is 5.56 Å². The van der Waals surface area contributed by atoms with Gasteiger partial charge in [0.1, 0.15) is 17.7 Å². The molecule has 2 aromatic rings. The number of rotatable bonds is 8. The second-order valence-corrected chi connectivity index (χ2v) is 8.46. The third-order valence-corrected chi connectivity index (χ3v) is 4.29. The summed E-state index contributed by atoms with van der Waals surface area (Å²) in [5.74, 6) is -0.981. The molecule has 1 aromatic heterocycles. The number of carbonyl (C=O) groups is 2. The van der Waals surface area contributed by atoms with Crippen molar-refractivity contribution in [3.05, 3.63) is 70.1 Å².